The summed E-state index contributed by atoms with van der Waals surface area (Å²) in [6.45, 7) is 8.39. The first-order valence-corrected chi connectivity index (χ1v) is 8.28. The molecule has 4 aliphatic rings. The second-order valence-corrected chi connectivity index (χ2v) is 7.75. The molecule has 3 unspecified atom stereocenters. The van der Waals surface area contributed by atoms with Gasteiger partial charge in [0.05, 0.1) is 6.10 Å². The number of nitrogens with zero attached hydrogens (tertiary/aromatic N) is 1. The lowest BCUT2D eigenvalue weighted by molar-refractivity contribution is -0.116. The molecule has 4 fully saturated rings. The average Bonchev–Trinajstić information content (AvgIpc) is 3.15. The maximum absolute atomic E-state index is 5.90. The number of nitrogens with one attached hydrogen (secondary N) is 1. The topological polar surface area (TPSA) is 24.5 Å². The molecule has 1 N–H and O–H groups in total. The van der Waals surface area contributed by atoms with Crippen molar-refractivity contribution in [3.05, 3.63) is 0 Å². The first kappa shape index (κ1) is 12.6. The summed E-state index contributed by atoms with van der Waals surface area (Å²) in [5.74, 6) is 0.788. The van der Waals surface area contributed by atoms with E-state index in [0.29, 0.717) is 17.6 Å². The molecule has 0 radical (unpaired) electrons. The van der Waals surface area contributed by atoms with Gasteiger partial charge in [0.25, 0.3) is 0 Å². The van der Waals surface area contributed by atoms with Gasteiger partial charge < -0.3 is 15.0 Å². The lowest BCUT2D eigenvalue weighted by Gasteiger charge is -2.56. The molecular weight excluding hydrogens is 236 g/mol. The maximum atomic E-state index is 5.90. The number of likely N-dealkylation sites (tertiary alicyclic amines) is 1. The fraction of sp³-hybridized carbons (Fsp3) is 1.00. The minimum atomic E-state index is 0.342. The average molecular weight is 264 g/mol. The zero-order valence-electron chi connectivity index (χ0n) is 12.4. The van der Waals surface area contributed by atoms with Gasteiger partial charge in [-0.05, 0) is 45.2 Å². The van der Waals surface area contributed by atoms with E-state index in [9.17, 15) is 0 Å². The van der Waals surface area contributed by atoms with Crippen LogP contribution >= 0.6 is 0 Å². The van der Waals surface area contributed by atoms with Crippen molar-refractivity contribution in [1.82, 2.24) is 10.2 Å². The molecule has 4 rings (SSSR count). The van der Waals surface area contributed by atoms with Crippen LogP contribution in [0.4, 0.5) is 0 Å². The van der Waals surface area contributed by atoms with Gasteiger partial charge in [0.2, 0.25) is 0 Å². The fourth-order valence-corrected chi connectivity index (χ4v) is 4.79. The largest absolute Gasteiger partial charge is 0.377 e. The summed E-state index contributed by atoms with van der Waals surface area (Å²) in [4.78, 5) is 2.71. The molecule has 0 aromatic rings. The van der Waals surface area contributed by atoms with E-state index in [0.717, 1.165) is 24.6 Å². The van der Waals surface area contributed by atoms with Gasteiger partial charge >= 0.3 is 0 Å². The SMILES string of the molecule is CC1(C)C(NC2CCN(C3CC3)CC2)C2CCOC21. The summed E-state index contributed by atoms with van der Waals surface area (Å²) in [6.07, 6.45) is 7.40. The zero-order chi connectivity index (χ0) is 13.0. The van der Waals surface area contributed by atoms with Crippen LogP contribution in [0.25, 0.3) is 0 Å². The summed E-state index contributed by atoms with van der Waals surface area (Å²) in [5, 5.41) is 3.99. The van der Waals surface area contributed by atoms with Gasteiger partial charge in [0, 0.05) is 36.1 Å². The van der Waals surface area contributed by atoms with E-state index in [4.69, 9.17) is 4.74 Å². The second kappa shape index (κ2) is 4.44. The summed E-state index contributed by atoms with van der Waals surface area (Å²) in [5.41, 5.74) is 0.342. The summed E-state index contributed by atoms with van der Waals surface area (Å²) in [6, 6.07) is 2.40. The highest BCUT2D eigenvalue weighted by molar-refractivity contribution is 5.12. The van der Waals surface area contributed by atoms with Gasteiger partial charge in [-0.3, -0.25) is 0 Å². The van der Waals surface area contributed by atoms with Crippen molar-refractivity contribution < 1.29 is 4.74 Å². The van der Waals surface area contributed by atoms with E-state index in [1.165, 1.54) is 45.2 Å². The third-order valence-electron chi connectivity index (χ3n) is 6.11. The van der Waals surface area contributed by atoms with E-state index in [1.807, 2.05) is 0 Å². The van der Waals surface area contributed by atoms with Gasteiger partial charge in [0.1, 0.15) is 0 Å². The van der Waals surface area contributed by atoms with Gasteiger partial charge in [-0.2, -0.15) is 0 Å². The molecule has 3 nitrogen and oxygen atoms in total. The Morgan fingerprint density at radius 2 is 1.79 bits per heavy atom. The monoisotopic (exact) mass is 264 g/mol. The molecule has 0 amide bonds. The number of ether oxygens (including phenoxy) is 1. The lowest BCUT2D eigenvalue weighted by atomic mass is 9.57. The Bertz CT molecular complexity index is 345. The summed E-state index contributed by atoms with van der Waals surface area (Å²) in [7, 11) is 0. The maximum Gasteiger partial charge on any atom is 0.0685 e. The molecule has 0 spiro atoms. The van der Waals surface area contributed by atoms with Gasteiger partial charge in [-0.25, -0.2) is 0 Å². The van der Waals surface area contributed by atoms with Crippen molar-refractivity contribution in [3.63, 3.8) is 0 Å². The standard InChI is InChI=1S/C16H28N2O/c1-16(2)14(13-7-10-19-15(13)16)17-11-5-8-18(9-6-11)12-3-4-12/h11-15,17H,3-10H2,1-2H3. The predicted octanol–water partition coefficient (Wildman–Crippen LogP) is 2.02. The molecule has 0 aromatic heterocycles. The van der Waals surface area contributed by atoms with Crippen LogP contribution in [-0.4, -0.2) is 48.8 Å². The predicted molar refractivity (Wildman–Crippen MR) is 76.2 cm³/mol. The minimum Gasteiger partial charge on any atom is -0.377 e. The Morgan fingerprint density at radius 1 is 1.05 bits per heavy atom. The summed E-state index contributed by atoms with van der Waals surface area (Å²) < 4.78 is 5.90. The molecule has 0 aromatic carbocycles. The number of piperidine rings is 1. The van der Waals surface area contributed by atoms with Crippen LogP contribution in [0.2, 0.25) is 0 Å². The van der Waals surface area contributed by atoms with E-state index in [2.05, 4.69) is 24.1 Å². The lowest BCUT2D eigenvalue weighted by Crippen LogP contribution is -2.67. The van der Waals surface area contributed by atoms with Crippen LogP contribution in [-0.2, 0) is 4.74 Å². The van der Waals surface area contributed by atoms with Crippen LogP contribution in [0, 0.1) is 11.3 Å². The van der Waals surface area contributed by atoms with Crippen molar-refractivity contribution in [3.8, 4) is 0 Å². The molecule has 108 valence electrons. The highest BCUT2D eigenvalue weighted by Crippen LogP contribution is 2.52. The van der Waals surface area contributed by atoms with Crippen LogP contribution < -0.4 is 5.32 Å². The van der Waals surface area contributed by atoms with Gasteiger partial charge in [0.15, 0.2) is 0 Å². The van der Waals surface area contributed by atoms with E-state index in [1.54, 1.807) is 0 Å². The Morgan fingerprint density at radius 3 is 2.47 bits per heavy atom. The Kier molecular flexibility index (Phi) is 2.95. The van der Waals surface area contributed by atoms with Crippen LogP contribution in [0.5, 0.6) is 0 Å². The molecule has 19 heavy (non-hydrogen) atoms. The van der Waals surface area contributed by atoms with Crippen LogP contribution in [0.3, 0.4) is 0 Å². The van der Waals surface area contributed by atoms with Crippen molar-refractivity contribution >= 4 is 0 Å². The molecule has 2 saturated heterocycles. The van der Waals surface area contributed by atoms with Gasteiger partial charge in [-0.15, -0.1) is 0 Å². The number of rotatable bonds is 3. The number of hydrogen-bond donors (Lipinski definition) is 1. The van der Waals surface area contributed by atoms with E-state index >= 15 is 0 Å². The molecule has 3 atom stereocenters. The van der Waals surface area contributed by atoms with E-state index in [-0.39, 0.29) is 0 Å². The minimum absolute atomic E-state index is 0.342. The van der Waals surface area contributed by atoms with Crippen LogP contribution in [0.1, 0.15) is 46.0 Å². The number of fused-ring (bicyclic) bond motifs is 1. The summed E-state index contributed by atoms with van der Waals surface area (Å²) >= 11 is 0. The van der Waals surface area contributed by atoms with Gasteiger partial charge in [-0.1, -0.05) is 13.8 Å². The normalized spacial score (nSPS) is 42.9. The molecule has 3 heteroatoms. The highest BCUT2D eigenvalue weighted by Gasteiger charge is 2.59. The van der Waals surface area contributed by atoms with Crippen molar-refractivity contribution in [2.45, 2.75) is 70.2 Å². The molecule has 2 saturated carbocycles. The third-order valence-corrected chi connectivity index (χ3v) is 6.11. The first-order valence-electron chi connectivity index (χ1n) is 8.28. The van der Waals surface area contributed by atoms with Crippen LogP contribution in [0.15, 0.2) is 0 Å². The molecular formula is C16H28N2O. The Balaban J connectivity index is 1.32. The molecule has 0 bridgehead atoms. The molecule has 2 aliphatic carbocycles. The first-order chi connectivity index (χ1) is 9.16. The zero-order valence-corrected chi connectivity index (χ0v) is 12.4. The fourth-order valence-electron chi connectivity index (χ4n) is 4.79. The Hall–Kier alpha value is -0.120. The van der Waals surface area contributed by atoms with E-state index < -0.39 is 0 Å². The van der Waals surface area contributed by atoms with Crippen molar-refractivity contribution in [2.75, 3.05) is 19.7 Å². The van der Waals surface area contributed by atoms with Crippen molar-refractivity contribution in [2.24, 2.45) is 11.3 Å². The third kappa shape index (κ3) is 2.05. The van der Waals surface area contributed by atoms with Crippen molar-refractivity contribution in [1.29, 1.82) is 0 Å². The number of hydrogen-bond acceptors (Lipinski definition) is 3. The quantitative estimate of drug-likeness (QED) is 0.844. The second-order valence-electron chi connectivity index (χ2n) is 7.75. The highest BCUT2D eigenvalue weighted by atomic mass is 16.5. The smallest absolute Gasteiger partial charge is 0.0685 e. The molecule has 2 aliphatic heterocycles. The Labute approximate surface area is 117 Å². The molecule has 2 heterocycles.